The fourth-order valence-corrected chi connectivity index (χ4v) is 3.65. The molecule has 31 heavy (non-hydrogen) atoms. The van der Waals surface area contributed by atoms with Crippen LogP contribution in [-0.4, -0.2) is 67.2 Å². The van der Waals surface area contributed by atoms with Crippen LogP contribution >= 0.6 is 0 Å². The van der Waals surface area contributed by atoms with Crippen LogP contribution in [0.3, 0.4) is 0 Å². The van der Waals surface area contributed by atoms with Gasteiger partial charge in [0.2, 0.25) is 0 Å². The second kappa shape index (κ2) is 9.66. The minimum absolute atomic E-state index is 0.120. The van der Waals surface area contributed by atoms with Gasteiger partial charge in [0.25, 0.3) is 11.8 Å². The van der Waals surface area contributed by atoms with Crippen molar-refractivity contribution < 1.29 is 24.2 Å². The number of ether oxygens (including phenoxy) is 2. The van der Waals surface area contributed by atoms with Gasteiger partial charge in [-0.1, -0.05) is 23.8 Å². The number of benzene rings is 2. The highest BCUT2D eigenvalue weighted by atomic mass is 16.5. The number of nitrogens with zero attached hydrogens (tertiary/aromatic N) is 2. The number of aliphatic hydroxyl groups excluding tert-OH is 1. The van der Waals surface area contributed by atoms with E-state index < -0.39 is 0 Å². The van der Waals surface area contributed by atoms with Crippen LogP contribution in [0.5, 0.6) is 11.5 Å². The van der Waals surface area contributed by atoms with E-state index in [2.05, 4.69) is 0 Å². The van der Waals surface area contributed by atoms with Crippen molar-refractivity contribution in [1.29, 1.82) is 0 Å². The summed E-state index contributed by atoms with van der Waals surface area (Å²) in [5.41, 5.74) is 3.39. The summed E-state index contributed by atoms with van der Waals surface area (Å²) in [7, 11) is 3.30. The van der Waals surface area contributed by atoms with Crippen LogP contribution in [0.25, 0.3) is 5.57 Å². The molecule has 1 aliphatic rings. The summed E-state index contributed by atoms with van der Waals surface area (Å²) < 4.78 is 10.8. The van der Waals surface area contributed by atoms with Gasteiger partial charge in [0.05, 0.1) is 25.8 Å². The van der Waals surface area contributed by atoms with Crippen molar-refractivity contribution in [3.05, 3.63) is 64.9 Å². The van der Waals surface area contributed by atoms with E-state index in [1.807, 2.05) is 32.0 Å². The third-order valence-electron chi connectivity index (χ3n) is 5.25. The molecule has 0 radical (unpaired) electrons. The molecule has 7 heteroatoms. The summed E-state index contributed by atoms with van der Waals surface area (Å²) >= 11 is 0. The monoisotopic (exact) mass is 424 g/mol. The fourth-order valence-electron chi connectivity index (χ4n) is 3.65. The number of aryl methyl sites for hydroxylation is 2. The SMILES string of the molecule is COc1ccc(OCCN2C(=O)C(c3ccc(C)cc3C)=C(N(C)CCO)C2=O)cc1. The number of carbonyl (C=O) groups excluding carboxylic acids is 2. The van der Waals surface area contributed by atoms with Gasteiger partial charge in [-0.05, 0) is 49.2 Å². The Morgan fingerprint density at radius 2 is 1.68 bits per heavy atom. The largest absolute Gasteiger partial charge is 0.497 e. The van der Waals surface area contributed by atoms with Crippen molar-refractivity contribution in [2.24, 2.45) is 0 Å². The Hall–Kier alpha value is -3.32. The number of rotatable bonds is 9. The molecule has 0 aliphatic carbocycles. The third-order valence-corrected chi connectivity index (χ3v) is 5.25. The van der Waals surface area contributed by atoms with Gasteiger partial charge >= 0.3 is 0 Å². The van der Waals surface area contributed by atoms with Gasteiger partial charge < -0.3 is 19.5 Å². The molecule has 0 spiro atoms. The normalized spacial score (nSPS) is 13.8. The molecule has 0 saturated carbocycles. The first kappa shape index (κ1) is 22.4. The summed E-state index contributed by atoms with van der Waals surface area (Å²) in [6, 6.07) is 12.9. The lowest BCUT2D eigenvalue weighted by atomic mass is 9.97. The van der Waals surface area contributed by atoms with Crippen LogP contribution < -0.4 is 9.47 Å². The second-order valence-corrected chi connectivity index (χ2v) is 7.47. The summed E-state index contributed by atoms with van der Waals surface area (Å²) in [4.78, 5) is 29.3. The molecule has 1 aliphatic heterocycles. The lowest BCUT2D eigenvalue weighted by Crippen LogP contribution is -2.37. The van der Waals surface area contributed by atoms with Crippen LogP contribution in [0.15, 0.2) is 48.2 Å². The molecule has 0 unspecified atom stereocenters. The van der Waals surface area contributed by atoms with Crippen LogP contribution in [0, 0.1) is 13.8 Å². The summed E-state index contributed by atoms with van der Waals surface area (Å²) in [6.07, 6.45) is 0. The lowest BCUT2D eigenvalue weighted by Gasteiger charge is -2.20. The van der Waals surface area contributed by atoms with Gasteiger partial charge in [-0.25, -0.2) is 0 Å². The van der Waals surface area contributed by atoms with Crippen LogP contribution in [0.4, 0.5) is 0 Å². The van der Waals surface area contributed by atoms with Crippen molar-refractivity contribution in [3.8, 4) is 11.5 Å². The Morgan fingerprint density at radius 3 is 2.29 bits per heavy atom. The molecule has 0 saturated heterocycles. The standard InChI is InChI=1S/C24H28N2O5/c1-16-5-10-20(17(2)15-16)21-22(25(3)11-13-27)24(29)26(23(21)28)12-14-31-19-8-6-18(30-4)7-9-19/h5-10,15,27H,11-14H2,1-4H3. The molecule has 0 bridgehead atoms. The van der Waals surface area contributed by atoms with Crippen molar-refractivity contribution in [1.82, 2.24) is 9.80 Å². The first-order valence-electron chi connectivity index (χ1n) is 10.1. The number of aliphatic hydroxyl groups is 1. The molecule has 1 N–H and O–H groups in total. The molecular weight excluding hydrogens is 396 g/mol. The minimum Gasteiger partial charge on any atom is -0.497 e. The second-order valence-electron chi connectivity index (χ2n) is 7.47. The predicted octanol–water partition coefficient (Wildman–Crippen LogP) is 2.40. The maximum absolute atomic E-state index is 13.3. The van der Waals surface area contributed by atoms with Crippen molar-refractivity contribution in [2.45, 2.75) is 13.8 Å². The van der Waals surface area contributed by atoms with E-state index in [9.17, 15) is 14.7 Å². The number of carbonyl (C=O) groups is 2. The average molecular weight is 424 g/mol. The lowest BCUT2D eigenvalue weighted by molar-refractivity contribution is -0.137. The molecule has 2 aromatic carbocycles. The maximum atomic E-state index is 13.3. The Labute approximate surface area is 182 Å². The zero-order chi connectivity index (χ0) is 22.5. The van der Waals surface area contributed by atoms with Crippen LogP contribution in [0.2, 0.25) is 0 Å². The molecule has 164 valence electrons. The molecule has 3 rings (SSSR count). The molecule has 0 fully saturated rings. The van der Waals surface area contributed by atoms with E-state index in [1.165, 1.54) is 4.90 Å². The van der Waals surface area contributed by atoms with Gasteiger partial charge in [0.1, 0.15) is 23.8 Å². The molecule has 7 nitrogen and oxygen atoms in total. The van der Waals surface area contributed by atoms with Gasteiger partial charge in [-0.15, -0.1) is 0 Å². The highest BCUT2D eigenvalue weighted by molar-refractivity contribution is 6.35. The van der Waals surface area contributed by atoms with E-state index >= 15 is 0 Å². The zero-order valence-corrected chi connectivity index (χ0v) is 18.3. The average Bonchev–Trinajstić information content (AvgIpc) is 2.99. The minimum atomic E-state index is -0.380. The highest BCUT2D eigenvalue weighted by Crippen LogP contribution is 2.33. The molecule has 2 amide bonds. The number of imide groups is 1. The quantitative estimate of drug-likeness (QED) is 0.623. The summed E-state index contributed by atoms with van der Waals surface area (Å²) in [6.45, 7) is 4.32. The first-order chi connectivity index (χ1) is 14.9. The number of amides is 2. The molecule has 0 atom stereocenters. The maximum Gasteiger partial charge on any atom is 0.277 e. The van der Waals surface area contributed by atoms with E-state index in [1.54, 1.807) is 43.3 Å². The smallest absolute Gasteiger partial charge is 0.277 e. The van der Waals surface area contributed by atoms with Gasteiger partial charge in [0.15, 0.2) is 0 Å². The van der Waals surface area contributed by atoms with Crippen molar-refractivity contribution >= 4 is 17.4 Å². The van der Waals surface area contributed by atoms with E-state index in [0.717, 1.165) is 22.4 Å². The summed E-state index contributed by atoms with van der Waals surface area (Å²) in [5.74, 6) is 0.612. The van der Waals surface area contributed by atoms with Crippen molar-refractivity contribution in [2.75, 3.05) is 40.5 Å². The Kier molecular flexibility index (Phi) is 6.97. The highest BCUT2D eigenvalue weighted by Gasteiger charge is 2.40. The molecule has 2 aromatic rings. The third kappa shape index (κ3) is 4.72. The molecule has 0 aromatic heterocycles. The topological polar surface area (TPSA) is 79.3 Å². The molecule has 1 heterocycles. The number of likely N-dealkylation sites (N-methyl/N-ethyl adjacent to an activating group) is 1. The van der Waals surface area contributed by atoms with Crippen LogP contribution in [-0.2, 0) is 9.59 Å². The van der Waals surface area contributed by atoms with E-state index in [0.29, 0.717) is 17.0 Å². The summed E-state index contributed by atoms with van der Waals surface area (Å²) in [5, 5.41) is 9.36. The Morgan fingerprint density at radius 1 is 1.00 bits per heavy atom. The van der Waals surface area contributed by atoms with Crippen LogP contribution in [0.1, 0.15) is 16.7 Å². The predicted molar refractivity (Wildman–Crippen MR) is 118 cm³/mol. The van der Waals surface area contributed by atoms with Crippen molar-refractivity contribution in [3.63, 3.8) is 0 Å². The number of hydrogen-bond donors (Lipinski definition) is 1. The van der Waals surface area contributed by atoms with Gasteiger partial charge in [-0.3, -0.25) is 14.5 Å². The number of hydrogen-bond acceptors (Lipinski definition) is 6. The first-order valence-corrected chi connectivity index (χ1v) is 10.1. The number of methoxy groups -OCH3 is 1. The Bertz CT molecular complexity index is 998. The van der Waals surface area contributed by atoms with Gasteiger partial charge in [0, 0.05) is 13.6 Å². The fraction of sp³-hybridized carbons (Fsp3) is 0.333. The molecular formula is C24H28N2O5. The zero-order valence-electron chi connectivity index (χ0n) is 18.3. The van der Waals surface area contributed by atoms with E-state index in [4.69, 9.17) is 9.47 Å². The Balaban J connectivity index is 1.82. The van der Waals surface area contributed by atoms with E-state index in [-0.39, 0.29) is 38.1 Å². The van der Waals surface area contributed by atoms with Gasteiger partial charge in [-0.2, -0.15) is 0 Å².